The minimum atomic E-state index is -0.581. The second-order valence-corrected chi connectivity index (χ2v) is 9.04. The maximum absolute atomic E-state index is 13.7. The van der Waals surface area contributed by atoms with Gasteiger partial charge >= 0.3 is 6.03 Å². The van der Waals surface area contributed by atoms with E-state index in [0.29, 0.717) is 26.8 Å². The molecule has 2 aromatic heterocycles. The van der Waals surface area contributed by atoms with Crippen LogP contribution in [0, 0.1) is 0 Å². The molecule has 0 saturated heterocycles. The maximum Gasteiger partial charge on any atom is 0.321 e. The number of hydrogen-bond donors (Lipinski definition) is 2. The maximum atomic E-state index is 13.7. The van der Waals surface area contributed by atoms with Gasteiger partial charge in [-0.3, -0.25) is 19.5 Å². The minimum absolute atomic E-state index is 0.0639. The molecule has 8 nitrogen and oxygen atoms in total. The van der Waals surface area contributed by atoms with Crippen LogP contribution in [-0.2, 0) is 17.6 Å². The molecule has 1 aliphatic rings. The molecule has 0 fully saturated rings. The molecule has 3 aromatic rings. The molecule has 2 heterocycles. The van der Waals surface area contributed by atoms with E-state index in [2.05, 4.69) is 10.6 Å². The van der Waals surface area contributed by atoms with Crippen molar-refractivity contribution in [3.05, 3.63) is 45.1 Å². The average molecular weight is 459 g/mol. The van der Waals surface area contributed by atoms with Crippen molar-refractivity contribution in [2.75, 3.05) is 19.9 Å². The molecular weight excluding hydrogens is 436 g/mol. The number of thioether (sulfide) groups is 1. The minimum Gasteiger partial charge on any atom is -0.495 e. The van der Waals surface area contributed by atoms with E-state index in [4.69, 9.17) is 9.72 Å². The van der Waals surface area contributed by atoms with Gasteiger partial charge in [0.15, 0.2) is 5.16 Å². The highest BCUT2D eigenvalue weighted by Gasteiger charge is 2.24. The lowest BCUT2D eigenvalue weighted by molar-refractivity contribution is -0.117. The van der Waals surface area contributed by atoms with E-state index in [1.54, 1.807) is 30.6 Å². The SMILES string of the molecule is CNC(=O)NC(=O)CSc1nc2sc3c(c2c(=O)n1-c1ccccc1OC)CCCC3. The molecule has 4 rings (SSSR count). The number of ether oxygens (including phenoxy) is 1. The fourth-order valence-electron chi connectivity index (χ4n) is 3.67. The fraction of sp³-hybridized carbons (Fsp3) is 0.333. The molecule has 0 saturated carbocycles. The van der Waals surface area contributed by atoms with E-state index < -0.39 is 11.9 Å². The number of nitrogens with one attached hydrogen (secondary N) is 2. The number of aromatic nitrogens is 2. The van der Waals surface area contributed by atoms with Crippen molar-refractivity contribution in [2.24, 2.45) is 0 Å². The molecule has 0 spiro atoms. The van der Waals surface area contributed by atoms with Gasteiger partial charge in [-0.1, -0.05) is 23.9 Å². The van der Waals surface area contributed by atoms with Crippen molar-refractivity contribution in [3.63, 3.8) is 0 Å². The summed E-state index contributed by atoms with van der Waals surface area (Å²) in [6.07, 6.45) is 4.01. The third-order valence-electron chi connectivity index (χ3n) is 5.10. The molecule has 0 bridgehead atoms. The fourth-order valence-corrected chi connectivity index (χ4v) is 5.77. The van der Waals surface area contributed by atoms with Crippen molar-refractivity contribution in [1.29, 1.82) is 0 Å². The first-order chi connectivity index (χ1) is 15.0. The summed E-state index contributed by atoms with van der Waals surface area (Å²) in [6.45, 7) is 0. The van der Waals surface area contributed by atoms with Crippen molar-refractivity contribution < 1.29 is 14.3 Å². The van der Waals surface area contributed by atoms with Crippen molar-refractivity contribution in [2.45, 2.75) is 30.8 Å². The Labute approximate surface area is 187 Å². The van der Waals surface area contributed by atoms with E-state index >= 15 is 0 Å². The monoisotopic (exact) mass is 458 g/mol. The normalized spacial score (nSPS) is 13.0. The number of amides is 3. The molecule has 162 valence electrons. The summed E-state index contributed by atoms with van der Waals surface area (Å²) in [5.41, 5.74) is 1.50. The van der Waals surface area contributed by atoms with E-state index in [9.17, 15) is 14.4 Å². The highest BCUT2D eigenvalue weighted by Crippen LogP contribution is 2.36. The number of rotatable bonds is 5. The van der Waals surface area contributed by atoms with Crippen LogP contribution in [0.2, 0.25) is 0 Å². The summed E-state index contributed by atoms with van der Waals surface area (Å²) < 4.78 is 7.00. The largest absolute Gasteiger partial charge is 0.495 e. The zero-order valence-electron chi connectivity index (χ0n) is 17.2. The average Bonchev–Trinajstić information content (AvgIpc) is 3.16. The first kappa shape index (κ1) is 21.4. The number of imide groups is 1. The molecule has 0 aliphatic heterocycles. The molecule has 0 unspecified atom stereocenters. The van der Waals surface area contributed by atoms with Crippen molar-refractivity contribution in [1.82, 2.24) is 20.2 Å². The first-order valence-electron chi connectivity index (χ1n) is 9.88. The molecule has 0 atom stereocenters. The Morgan fingerprint density at radius 1 is 1.26 bits per heavy atom. The zero-order valence-corrected chi connectivity index (χ0v) is 18.8. The summed E-state index contributed by atoms with van der Waals surface area (Å²) in [4.78, 5) is 43.9. The number of fused-ring (bicyclic) bond motifs is 3. The summed E-state index contributed by atoms with van der Waals surface area (Å²) >= 11 is 2.66. The molecule has 1 aromatic carbocycles. The number of benzene rings is 1. The van der Waals surface area contributed by atoms with Gasteiger partial charge in [0.05, 0.1) is 23.9 Å². The summed E-state index contributed by atoms with van der Waals surface area (Å²) in [5, 5.41) is 5.61. The predicted octanol–water partition coefficient (Wildman–Crippen LogP) is 2.88. The quantitative estimate of drug-likeness (QED) is 0.450. The van der Waals surface area contributed by atoms with Gasteiger partial charge in [0, 0.05) is 11.9 Å². The van der Waals surface area contributed by atoms with Crippen molar-refractivity contribution in [3.8, 4) is 11.4 Å². The molecule has 0 radical (unpaired) electrons. The van der Waals surface area contributed by atoms with Gasteiger partial charge in [0.2, 0.25) is 5.91 Å². The van der Waals surface area contributed by atoms with Gasteiger partial charge in [-0.15, -0.1) is 11.3 Å². The lowest BCUT2D eigenvalue weighted by Gasteiger charge is -2.15. The molecule has 3 amide bonds. The third kappa shape index (κ3) is 4.17. The van der Waals surface area contributed by atoms with Crippen LogP contribution in [0.25, 0.3) is 15.9 Å². The third-order valence-corrected chi connectivity index (χ3v) is 7.22. The van der Waals surface area contributed by atoms with Gasteiger partial charge < -0.3 is 10.1 Å². The number of nitrogens with zero attached hydrogens (tertiary/aromatic N) is 2. The Morgan fingerprint density at radius 2 is 2.03 bits per heavy atom. The summed E-state index contributed by atoms with van der Waals surface area (Å²) in [7, 11) is 2.98. The number of methoxy groups -OCH3 is 1. The predicted molar refractivity (Wildman–Crippen MR) is 122 cm³/mol. The topological polar surface area (TPSA) is 102 Å². The Bertz CT molecular complexity index is 1220. The number of hydrogen-bond acceptors (Lipinski definition) is 7. The number of carbonyl (C=O) groups is 2. The highest BCUT2D eigenvalue weighted by molar-refractivity contribution is 7.99. The highest BCUT2D eigenvalue weighted by atomic mass is 32.2. The van der Waals surface area contributed by atoms with Crippen LogP contribution >= 0.6 is 23.1 Å². The van der Waals surface area contributed by atoms with Crippen LogP contribution in [0.5, 0.6) is 5.75 Å². The van der Waals surface area contributed by atoms with E-state index in [1.165, 1.54) is 16.5 Å². The first-order valence-corrected chi connectivity index (χ1v) is 11.7. The zero-order chi connectivity index (χ0) is 22.0. The standard InChI is InChI=1S/C21H22N4O4S2/c1-22-20(28)23-16(26)11-30-21-24-18-17(12-7-3-6-10-15(12)31-18)19(27)25(21)13-8-4-5-9-14(13)29-2/h4-5,8-9H,3,6-7,10-11H2,1-2H3,(H2,22,23,26,28). The van der Waals surface area contributed by atoms with Gasteiger partial charge in [-0.2, -0.15) is 0 Å². The van der Waals surface area contributed by atoms with Gasteiger partial charge in [0.1, 0.15) is 10.6 Å². The van der Waals surface area contributed by atoms with E-state index in [-0.39, 0.29) is 11.3 Å². The van der Waals surface area contributed by atoms with Gasteiger partial charge in [0.25, 0.3) is 5.56 Å². The molecule has 31 heavy (non-hydrogen) atoms. The number of carbonyl (C=O) groups excluding carboxylic acids is 2. The molecule has 2 N–H and O–H groups in total. The summed E-state index contributed by atoms with van der Waals surface area (Å²) in [5.74, 6) is -0.00624. The number of para-hydroxylation sites is 2. The van der Waals surface area contributed by atoms with E-state index in [0.717, 1.165) is 43.0 Å². The van der Waals surface area contributed by atoms with Gasteiger partial charge in [-0.25, -0.2) is 9.78 Å². The van der Waals surface area contributed by atoms with Crippen LogP contribution < -0.4 is 20.9 Å². The van der Waals surface area contributed by atoms with Crippen molar-refractivity contribution >= 4 is 45.3 Å². The van der Waals surface area contributed by atoms with Crippen LogP contribution in [0.15, 0.2) is 34.2 Å². The second-order valence-electron chi connectivity index (χ2n) is 7.01. The number of thiophene rings is 1. The Hall–Kier alpha value is -2.85. The Morgan fingerprint density at radius 3 is 2.81 bits per heavy atom. The Kier molecular flexibility index (Phi) is 6.28. The molecule has 10 heteroatoms. The lowest BCUT2D eigenvalue weighted by atomic mass is 9.97. The van der Waals surface area contributed by atoms with Crippen LogP contribution in [0.1, 0.15) is 23.3 Å². The van der Waals surface area contributed by atoms with Gasteiger partial charge in [-0.05, 0) is 43.4 Å². The molecule has 1 aliphatic carbocycles. The number of aryl methyl sites for hydroxylation is 2. The Balaban J connectivity index is 1.84. The lowest BCUT2D eigenvalue weighted by Crippen LogP contribution is -2.38. The van der Waals surface area contributed by atoms with Crippen LogP contribution in [-0.4, -0.2) is 41.4 Å². The van der Waals surface area contributed by atoms with E-state index in [1.807, 2.05) is 12.1 Å². The molecular formula is C21H22N4O4S2. The number of urea groups is 1. The second kappa shape index (κ2) is 9.11. The van der Waals surface area contributed by atoms with Crippen LogP contribution in [0.3, 0.4) is 0 Å². The summed E-state index contributed by atoms with van der Waals surface area (Å²) in [6, 6.07) is 6.64. The van der Waals surface area contributed by atoms with Crippen LogP contribution in [0.4, 0.5) is 4.79 Å². The smallest absolute Gasteiger partial charge is 0.321 e.